The Morgan fingerprint density at radius 1 is 1.21 bits per heavy atom. The van der Waals surface area contributed by atoms with Gasteiger partial charge in [0, 0.05) is 0 Å². The van der Waals surface area contributed by atoms with Gasteiger partial charge in [0.25, 0.3) is 0 Å². The van der Waals surface area contributed by atoms with E-state index in [0.717, 1.165) is 5.76 Å². The summed E-state index contributed by atoms with van der Waals surface area (Å²) in [6.45, 7) is 11.9. The number of hydrogen-bond acceptors (Lipinski definition) is 1. The van der Waals surface area contributed by atoms with Crippen molar-refractivity contribution in [1.29, 1.82) is 0 Å². The van der Waals surface area contributed by atoms with Gasteiger partial charge in [-0.05, 0) is 33.3 Å². The van der Waals surface area contributed by atoms with Gasteiger partial charge in [-0.25, -0.2) is 0 Å². The number of allylic oxidation sites excluding steroid dienone is 1. The quantitative estimate of drug-likeness (QED) is 0.656. The molecule has 1 aromatic rings. The average Bonchev–Trinajstić information content (AvgIpc) is 2.00. The SMILES string of the molecule is C=C(C)OC(C)c1cc(C)cc(C)c1. The lowest BCUT2D eigenvalue weighted by atomic mass is 10.0. The molecule has 0 saturated carbocycles. The van der Waals surface area contributed by atoms with Crippen molar-refractivity contribution in [3.8, 4) is 0 Å². The number of aryl methyl sites for hydroxylation is 2. The standard InChI is InChI=1S/C13H18O/c1-9(2)14-12(5)13-7-10(3)6-11(4)8-13/h6-8,12H,1H2,2-5H3. The van der Waals surface area contributed by atoms with Crippen LogP contribution < -0.4 is 0 Å². The normalized spacial score (nSPS) is 12.3. The summed E-state index contributed by atoms with van der Waals surface area (Å²) in [5.41, 5.74) is 3.76. The topological polar surface area (TPSA) is 9.23 Å². The lowest BCUT2D eigenvalue weighted by molar-refractivity contribution is 0.136. The first-order valence-corrected chi connectivity index (χ1v) is 4.89. The molecule has 0 radical (unpaired) electrons. The van der Waals surface area contributed by atoms with E-state index in [1.807, 2.05) is 13.8 Å². The Hall–Kier alpha value is -1.24. The van der Waals surface area contributed by atoms with E-state index in [0.29, 0.717) is 0 Å². The van der Waals surface area contributed by atoms with Crippen molar-refractivity contribution in [1.82, 2.24) is 0 Å². The zero-order valence-electron chi connectivity index (χ0n) is 9.42. The highest BCUT2D eigenvalue weighted by Gasteiger charge is 2.06. The van der Waals surface area contributed by atoms with Gasteiger partial charge in [-0.15, -0.1) is 0 Å². The van der Waals surface area contributed by atoms with Crippen LogP contribution in [0.3, 0.4) is 0 Å². The number of rotatable bonds is 3. The van der Waals surface area contributed by atoms with Crippen molar-refractivity contribution < 1.29 is 4.74 Å². The maximum Gasteiger partial charge on any atom is 0.120 e. The van der Waals surface area contributed by atoms with E-state index in [9.17, 15) is 0 Å². The van der Waals surface area contributed by atoms with E-state index >= 15 is 0 Å². The fourth-order valence-corrected chi connectivity index (χ4v) is 1.61. The molecular formula is C13H18O. The van der Waals surface area contributed by atoms with Crippen molar-refractivity contribution in [2.24, 2.45) is 0 Å². The van der Waals surface area contributed by atoms with E-state index < -0.39 is 0 Å². The van der Waals surface area contributed by atoms with Crippen LogP contribution in [0, 0.1) is 13.8 Å². The molecule has 0 aliphatic heterocycles. The van der Waals surface area contributed by atoms with Gasteiger partial charge in [0.05, 0.1) is 5.76 Å². The van der Waals surface area contributed by atoms with Gasteiger partial charge in [-0.1, -0.05) is 35.9 Å². The van der Waals surface area contributed by atoms with E-state index in [1.54, 1.807) is 0 Å². The molecule has 0 saturated heterocycles. The highest BCUT2D eigenvalue weighted by Crippen LogP contribution is 2.21. The van der Waals surface area contributed by atoms with Crippen LogP contribution in [0.5, 0.6) is 0 Å². The molecular weight excluding hydrogens is 172 g/mol. The molecule has 1 nitrogen and oxygen atoms in total. The average molecular weight is 190 g/mol. The summed E-state index contributed by atoms with van der Waals surface area (Å²) >= 11 is 0. The van der Waals surface area contributed by atoms with Crippen LogP contribution in [0.1, 0.15) is 36.6 Å². The highest BCUT2D eigenvalue weighted by molar-refractivity contribution is 5.29. The summed E-state index contributed by atoms with van der Waals surface area (Å²) in [4.78, 5) is 0. The number of ether oxygens (including phenoxy) is 1. The molecule has 1 atom stereocenters. The van der Waals surface area contributed by atoms with Crippen molar-refractivity contribution in [3.05, 3.63) is 47.2 Å². The Labute approximate surface area is 86.4 Å². The molecule has 14 heavy (non-hydrogen) atoms. The minimum absolute atomic E-state index is 0.0890. The largest absolute Gasteiger partial charge is 0.491 e. The highest BCUT2D eigenvalue weighted by atomic mass is 16.5. The van der Waals surface area contributed by atoms with Gasteiger partial charge in [0.2, 0.25) is 0 Å². The summed E-state index contributed by atoms with van der Waals surface area (Å²) in [6.07, 6.45) is 0.0890. The molecule has 0 fully saturated rings. The van der Waals surface area contributed by atoms with Crippen molar-refractivity contribution >= 4 is 0 Å². The first-order chi connectivity index (χ1) is 6.49. The lowest BCUT2D eigenvalue weighted by Crippen LogP contribution is -1.98. The zero-order chi connectivity index (χ0) is 10.7. The molecule has 1 heteroatoms. The maximum absolute atomic E-state index is 5.55. The van der Waals surface area contributed by atoms with E-state index in [4.69, 9.17) is 4.74 Å². The smallest absolute Gasteiger partial charge is 0.120 e. The summed E-state index contributed by atoms with van der Waals surface area (Å²) in [5, 5.41) is 0. The molecule has 0 aliphatic carbocycles. The second kappa shape index (κ2) is 4.32. The van der Waals surface area contributed by atoms with Crippen molar-refractivity contribution in [2.45, 2.75) is 33.8 Å². The molecule has 0 amide bonds. The van der Waals surface area contributed by atoms with E-state index in [2.05, 4.69) is 38.6 Å². The van der Waals surface area contributed by atoms with Crippen LogP contribution >= 0.6 is 0 Å². The lowest BCUT2D eigenvalue weighted by Gasteiger charge is -2.15. The monoisotopic (exact) mass is 190 g/mol. The van der Waals surface area contributed by atoms with Crippen molar-refractivity contribution in [2.75, 3.05) is 0 Å². The predicted octanol–water partition coefficient (Wildman–Crippen LogP) is 3.91. The van der Waals surface area contributed by atoms with Crippen molar-refractivity contribution in [3.63, 3.8) is 0 Å². The predicted molar refractivity (Wildman–Crippen MR) is 60.2 cm³/mol. The van der Waals surface area contributed by atoms with E-state index in [1.165, 1.54) is 16.7 Å². The molecule has 1 rings (SSSR count). The second-order valence-corrected chi connectivity index (χ2v) is 3.88. The molecule has 0 aromatic heterocycles. The fraction of sp³-hybridized carbons (Fsp3) is 0.385. The van der Waals surface area contributed by atoms with Gasteiger partial charge < -0.3 is 4.74 Å². The Morgan fingerprint density at radius 3 is 2.14 bits per heavy atom. The molecule has 76 valence electrons. The third kappa shape index (κ3) is 2.91. The second-order valence-electron chi connectivity index (χ2n) is 3.88. The van der Waals surface area contributed by atoms with Crippen LogP contribution in [0.25, 0.3) is 0 Å². The van der Waals surface area contributed by atoms with Gasteiger partial charge in [-0.3, -0.25) is 0 Å². The molecule has 0 N–H and O–H groups in total. The Kier molecular flexibility index (Phi) is 3.34. The first-order valence-electron chi connectivity index (χ1n) is 4.89. The third-order valence-corrected chi connectivity index (χ3v) is 2.09. The maximum atomic E-state index is 5.55. The fourth-order valence-electron chi connectivity index (χ4n) is 1.61. The Morgan fingerprint density at radius 2 is 1.71 bits per heavy atom. The van der Waals surface area contributed by atoms with Crippen LogP contribution in [0.4, 0.5) is 0 Å². The first kappa shape index (κ1) is 10.8. The summed E-state index contributed by atoms with van der Waals surface area (Å²) in [6, 6.07) is 6.47. The molecule has 1 unspecified atom stereocenters. The minimum Gasteiger partial charge on any atom is -0.491 e. The summed E-state index contributed by atoms with van der Waals surface area (Å²) in [5.74, 6) is 0.761. The minimum atomic E-state index is 0.0890. The van der Waals surface area contributed by atoms with Crippen LogP contribution in [-0.2, 0) is 4.74 Å². The molecule has 1 aromatic carbocycles. The van der Waals surface area contributed by atoms with Gasteiger partial charge >= 0.3 is 0 Å². The Balaban J connectivity index is 2.89. The van der Waals surface area contributed by atoms with Gasteiger partial charge in [0.15, 0.2) is 0 Å². The molecule has 0 spiro atoms. The molecule has 0 aliphatic rings. The van der Waals surface area contributed by atoms with Crippen LogP contribution in [0.2, 0.25) is 0 Å². The Bertz CT molecular complexity index is 319. The molecule has 0 bridgehead atoms. The zero-order valence-corrected chi connectivity index (χ0v) is 9.42. The molecule has 0 heterocycles. The van der Waals surface area contributed by atoms with Crippen LogP contribution in [-0.4, -0.2) is 0 Å². The van der Waals surface area contributed by atoms with E-state index in [-0.39, 0.29) is 6.10 Å². The van der Waals surface area contributed by atoms with Gasteiger partial charge in [-0.2, -0.15) is 0 Å². The van der Waals surface area contributed by atoms with Gasteiger partial charge in [0.1, 0.15) is 6.10 Å². The third-order valence-electron chi connectivity index (χ3n) is 2.09. The number of hydrogen-bond donors (Lipinski definition) is 0. The number of benzene rings is 1. The van der Waals surface area contributed by atoms with Crippen LogP contribution in [0.15, 0.2) is 30.5 Å². The summed E-state index contributed by atoms with van der Waals surface area (Å²) < 4.78 is 5.55. The summed E-state index contributed by atoms with van der Waals surface area (Å²) in [7, 11) is 0.